The lowest BCUT2D eigenvalue weighted by molar-refractivity contribution is -0.161. The molecule has 1 unspecified atom stereocenters. The first kappa shape index (κ1) is 58.8. The minimum atomic E-state index is -4.72. The lowest BCUT2D eigenvalue weighted by atomic mass is 10.0. The van der Waals surface area contributed by atoms with Gasteiger partial charge in [0.05, 0.1) is 38.1 Å². The number of unbranched alkanes of at least 4 members (excludes halogenated alkanes) is 16. The Hall–Kier alpha value is -2.19. The standard InChI is InChI=1S/C47H85O13P/c1-4-5-23-30-41(49)31-25-20-17-18-21-26-32-44(51)45(52)33-28-35-47(54)60-43(39-59-61(55,56)58-37-42(50)36-48)38-57-46(53)34-27-22-16-14-12-10-8-6-7-9-11-13-15-19-24-29-40(2)3/h17-18,20-21,25-26,31-32,40-45,48-52H,4-16,19,22-24,27-30,33-39H2,1-3H3,(H,55,56)/b20-17-,21-18+,31-25+,32-26+/t41-,42-,43+,44-,45-/m0/s1. The van der Waals surface area contributed by atoms with Gasteiger partial charge in [-0.3, -0.25) is 18.6 Å². The van der Waals surface area contributed by atoms with Gasteiger partial charge in [-0.05, 0) is 31.6 Å². The summed E-state index contributed by atoms with van der Waals surface area (Å²) in [5, 5.41) is 48.9. The van der Waals surface area contributed by atoms with Crippen LogP contribution in [0.1, 0.15) is 175 Å². The van der Waals surface area contributed by atoms with E-state index in [1.807, 2.05) is 0 Å². The number of phosphoric ester groups is 1. The highest BCUT2D eigenvalue weighted by atomic mass is 31.2. The smallest absolute Gasteiger partial charge is 0.462 e. The maximum absolute atomic E-state index is 12.7. The highest BCUT2D eigenvalue weighted by Gasteiger charge is 2.27. The first-order valence-corrected chi connectivity index (χ1v) is 24.8. The number of allylic oxidation sites excluding steroid dienone is 6. The van der Waals surface area contributed by atoms with Crippen molar-refractivity contribution in [3.63, 3.8) is 0 Å². The second-order valence-electron chi connectivity index (χ2n) is 16.5. The Balaban J connectivity index is 4.55. The third kappa shape index (κ3) is 40.3. The van der Waals surface area contributed by atoms with Crippen LogP contribution >= 0.6 is 7.82 Å². The number of aliphatic hydroxyl groups excluding tert-OH is 5. The van der Waals surface area contributed by atoms with Crippen molar-refractivity contribution >= 4 is 19.8 Å². The number of phosphoric acid groups is 1. The molecular formula is C47H85O13P. The lowest BCUT2D eigenvalue weighted by Gasteiger charge is -2.20. The summed E-state index contributed by atoms with van der Waals surface area (Å²) in [6, 6.07) is 0. The Morgan fingerprint density at radius 3 is 1.62 bits per heavy atom. The highest BCUT2D eigenvalue weighted by Crippen LogP contribution is 2.43. The molecule has 13 nitrogen and oxygen atoms in total. The van der Waals surface area contributed by atoms with Crippen molar-refractivity contribution in [2.24, 2.45) is 5.92 Å². The van der Waals surface area contributed by atoms with Crippen LogP contribution in [0.15, 0.2) is 48.6 Å². The molecule has 0 bridgehead atoms. The third-order valence-electron chi connectivity index (χ3n) is 10.0. The predicted molar refractivity (Wildman–Crippen MR) is 242 cm³/mol. The summed E-state index contributed by atoms with van der Waals surface area (Å²) < 4.78 is 32.5. The number of carbonyl (C=O) groups is 2. The van der Waals surface area contributed by atoms with E-state index in [0.717, 1.165) is 50.9 Å². The van der Waals surface area contributed by atoms with Crippen LogP contribution in [-0.4, -0.2) is 99.3 Å². The van der Waals surface area contributed by atoms with Gasteiger partial charge in [-0.15, -0.1) is 0 Å². The van der Waals surface area contributed by atoms with E-state index in [4.69, 9.17) is 19.1 Å². The average Bonchev–Trinajstić information content (AvgIpc) is 3.22. The fraction of sp³-hybridized carbons (Fsp3) is 0.787. The van der Waals surface area contributed by atoms with Crippen molar-refractivity contribution in [2.45, 2.75) is 205 Å². The fourth-order valence-corrected chi connectivity index (χ4v) is 7.06. The molecule has 0 aliphatic rings. The first-order valence-electron chi connectivity index (χ1n) is 23.3. The molecular weight excluding hydrogens is 803 g/mol. The molecule has 0 radical (unpaired) electrons. The number of carbonyl (C=O) groups excluding carboxylic acids is 2. The van der Waals surface area contributed by atoms with Crippen LogP contribution in [0, 0.1) is 5.92 Å². The summed E-state index contributed by atoms with van der Waals surface area (Å²) >= 11 is 0. The van der Waals surface area contributed by atoms with Gasteiger partial charge in [0.2, 0.25) is 0 Å². The summed E-state index contributed by atoms with van der Waals surface area (Å²) in [4.78, 5) is 35.1. The van der Waals surface area contributed by atoms with Crippen molar-refractivity contribution in [1.29, 1.82) is 0 Å². The SMILES string of the molecule is CCCCC[C@H](O)/C=C/C=C\C=C\C=C\[C@H](O)[C@@H](O)CCCC(=O)O[C@H](COC(=O)CCCCCCCCCCCCCCCCCC(C)C)COP(=O)(O)OC[C@@H](O)CO. The lowest BCUT2D eigenvalue weighted by Crippen LogP contribution is -2.30. The maximum atomic E-state index is 12.7. The van der Waals surface area contributed by atoms with Crippen molar-refractivity contribution in [2.75, 3.05) is 26.4 Å². The Bertz CT molecular complexity index is 1220. The molecule has 0 aromatic heterocycles. The van der Waals surface area contributed by atoms with Gasteiger partial charge < -0.3 is 39.9 Å². The summed E-state index contributed by atoms with van der Waals surface area (Å²) in [6.07, 6.45) is 31.6. The second-order valence-corrected chi connectivity index (χ2v) is 17.9. The van der Waals surface area contributed by atoms with Gasteiger partial charge in [0.15, 0.2) is 6.10 Å². The monoisotopic (exact) mass is 889 g/mol. The van der Waals surface area contributed by atoms with Crippen LogP contribution in [0.2, 0.25) is 0 Å². The molecule has 356 valence electrons. The fourth-order valence-electron chi connectivity index (χ4n) is 6.27. The molecule has 0 aromatic rings. The van der Waals surface area contributed by atoms with Gasteiger partial charge in [-0.25, -0.2) is 4.57 Å². The van der Waals surface area contributed by atoms with Gasteiger partial charge in [0.1, 0.15) is 12.7 Å². The number of rotatable bonds is 42. The number of esters is 2. The largest absolute Gasteiger partial charge is 0.472 e. The third-order valence-corrected chi connectivity index (χ3v) is 11.0. The van der Waals surface area contributed by atoms with E-state index >= 15 is 0 Å². The molecule has 0 aliphatic carbocycles. The minimum Gasteiger partial charge on any atom is -0.462 e. The summed E-state index contributed by atoms with van der Waals surface area (Å²) in [5.74, 6) is -0.438. The van der Waals surface area contributed by atoms with Crippen LogP contribution < -0.4 is 0 Å². The molecule has 0 saturated heterocycles. The zero-order chi connectivity index (χ0) is 45.4. The van der Waals surface area contributed by atoms with E-state index in [1.165, 1.54) is 83.1 Å². The van der Waals surface area contributed by atoms with E-state index in [9.17, 15) is 39.5 Å². The molecule has 0 rings (SSSR count). The molecule has 6 atom stereocenters. The summed E-state index contributed by atoms with van der Waals surface area (Å²) in [7, 11) is -4.72. The molecule has 0 heterocycles. The highest BCUT2D eigenvalue weighted by molar-refractivity contribution is 7.47. The van der Waals surface area contributed by atoms with Crippen LogP contribution in [0.5, 0.6) is 0 Å². The predicted octanol–water partition coefficient (Wildman–Crippen LogP) is 9.27. The van der Waals surface area contributed by atoms with Crippen molar-refractivity contribution in [1.82, 2.24) is 0 Å². The van der Waals surface area contributed by atoms with Crippen molar-refractivity contribution < 1.29 is 63.1 Å². The average molecular weight is 889 g/mol. The normalized spacial score (nSPS) is 15.8. The van der Waals surface area contributed by atoms with Gasteiger partial charge in [-0.2, -0.15) is 0 Å². The Labute approximate surface area is 368 Å². The number of hydrogen-bond donors (Lipinski definition) is 6. The van der Waals surface area contributed by atoms with Gasteiger partial charge in [0, 0.05) is 12.8 Å². The van der Waals surface area contributed by atoms with Crippen LogP contribution in [0.4, 0.5) is 0 Å². The van der Waals surface area contributed by atoms with E-state index < -0.39 is 76.7 Å². The number of aliphatic hydroxyl groups is 5. The van der Waals surface area contributed by atoms with Crippen LogP contribution in [0.3, 0.4) is 0 Å². The Morgan fingerprint density at radius 1 is 0.574 bits per heavy atom. The molecule has 0 spiro atoms. The first-order chi connectivity index (χ1) is 29.3. The molecule has 61 heavy (non-hydrogen) atoms. The molecule has 0 aromatic carbocycles. The zero-order valence-electron chi connectivity index (χ0n) is 37.9. The molecule has 0 aliphatic heterocycles. The second kappa shape index (κ2) is 40.6. The minimum absolute atomic E-state index is 0.0670. The van der Waals surface area contributed by atoms with E-state index in [1.54, 1.807) is 42.5 Å². The zero-order valence-corrected chi connectivity index (χ0v) is 38.8. The molecule has 6 N–H and O–H groups in total. The van der Waals surface area contributed by atoms with E-state index in [-0.39, 0.29) is 25.7 Å². The summed E-state index contributed by atoms with van der Waals surface area (Å²) in [5.41, 5.74) is 0. The van der Waals surface area contributed by atoms with Gasteiger partial charge in [-0.1, -0.05) is 185 Å². The maximum Gasteiger partial charge on any atom is 0.472 e. The van der Waals surface area contributed by atoms with E-state index in [0.29, 0.717) is 6.42 Å². The number of hydrogen-bond acceptors (Lipinski definition) is 12. The van der Waals surface area contributed by atoms with Crippen molar-refractivity contribution in [3.05, 3.63) is 48.6 Å². The summed E-state index contributed by atoms with van der Waals surface area (Å²) in [6.45, 7) is 4.22. The van der Waals surface area contributed by atoms with Gasteiger partial charge >= 0.3 is 19.8 Å². The molecule has 14 heteroatoms. The van der Waals surface area contributed by atoms with E-state index in [2.05, 4.69) is 25.3 Å². The van der Waals surface area contributed by atoms with Crippen LogP contribution in [0.25, 0.3) is 0 Å². The van der Waals surface area contributed by atoms with Crippen LogP contribution in [-0.2, 0) is 32.7 Å². The Kier molecular flexibility index (Phi) is 39.1. The molecule has 0 amide bonds. The van der Waals surface area contributed by atoms with Crippen molar-refractivity contribution in [3.8, 4) is 0 Å². The van der Waals surface area contributed by atoms with Gasteiger partial charge in [0.25, 0.3) is 0 Å². The topological polar surface area (TPSA) is 210 Å². The molecule has 0 saturated carbocycles. The number of ether oxygens (including phenoxy) is 2. The quantitative estimate of drug-likeness (QED) is 0.0146. The molecule has 0 fully saturated rings. The Morgan fingerprint density at radius 2 is 1.07 bits per heavy atom.